The first kappa shape index (κ1) is 10.4. The Kier molecular flexibility index (Phi) is 2.85. The van der Waals surface area contributed by atoms with Gasteiger partial charge in [-0.05, 0) is 18.5 Å². The highest BCUT2D eigenvalue weighted by Crippen LogP contribution is 2.22. The van der Waals surface area contributed by atoms with E-state index in [1.165, 1.54) is 11.5 Å². The molecule has 0 atom stereocenters. The van der Waals surface area contributed by atoms with Gasteiger partial charge in [0, 0.05) is 6.42 Å². The highest BCUT2D eigenvalue weighted by atomic mass is 35.5. The largest absolute Gasteiger partial charge is 0.296 e. The van der Waals surface area contributed by atoms with E-state index < -0.39 is 12.5 Å². The van der Waals surface area contributed by atoms with Crippen molar-refractivity contribution in [1.29, 1.82) is 0 Å². The monoisotopic (exact) mass is 209 g/mol. The molecule has 3 nitrogen and oxygen atoms in total. The Hall–Kier alpha value is -0.710. The third kappa shape index (κ3) is 2.37. The van der Waals surface area contributed by atoms with Crippen LogP contribution in [0.5, 0.6) is 0 Å². The van der Waals surface area contributed by atoms with Crippen molar-refractivity contribution in [3.8, 4) is 0 Å². The second-order valence-corrected chi connectivity index (χ2v) is 3.15. The molecule has 13 heavy (non-hydrogen) atoms. The summed E-state index contributed by atoms with van der Waals surface area (Å²) in [5, 5.41) is 7.07. The smallest absolute Gasteiger partial charge is 0.265 e. The first-order valence-corrected chi connectivity index (χ1v) is 4.27. The molecule has 1 aromatic heterocycles. The molecule has 0 radical (unpaired) electrons. The van der Waals surface area contributed by atoms with Gasteiger partial charge in [0.15, 0.2) is 0 Å². The van der Waals surface area contributed by atoms with E-state index >= 15 is 0 Å². The quantitative estimate of drug-likeness (QED) is 0.765. The minimum atomic E-state index is -2.75. The SMILES string of the molecule is CCC(F)(F)Cn1c(C)nnc1Cl. The summed E-state index contributed by atoms with van der Waals surface area (Å²) >= 11 is 5.56. The minimum absolute atomic E-state index is 0.00521. The summed E-state index contributed by atoms with van der Waals surface area (Å²) in [6.45, 7) is 2.55. The maximum atomic E-state index is 12.9. The minimum Gasteiger partial charge on any atom is -0.296 e. The standard InChI is InChI=1S/C7H10ClF2N3/c1-3-7(9,10)4-13-5(2)11-12-6(13)8/h3-4H2,1-2H3. The fraction of sp³-hybridized carbons (Fsp3) is 0.714. The molecular formula is C7H10ClF2N3. The topological polar surface area (TPSA) is 30.7 Å². The zero-order chi connectivity index (χ0) is 10.1. The third-order valence-corrected chi connectivity index (χ3v) is 2.08. The Bertz CT molecular complexity index is 278. The first-order chi connectivity index (χ1) is 5.96. The van der Waals surface area contributed by atoms with Crippen molar-refractivity contribution in [1.82, 2.24) is 14.8 Å². The predicted octanol–water partition coefficient (Wildman–Crippen LogP) is 2.29. The van der Waals surface area contributed by atoms with Gasteiger partial charge in [0.05, 0.1) is 6.54 Å². The maximum Gasteiger partial charge on any atom is 0.265 e. The summed E-state index contributed by atoms with van der Waals surface area (Å²) in [5.41, 5.74) is 0. The van der Waals surface area contributed by atoms with E-state index in [9.17, 15) is 8.78 Å². The molecule has 0 fully saturated rings. The molecule has 1 rings (SSSR count). The lowest BCUT2D eigenvalue weighted by atomic mass is 10.2. The van der Waals surface area contributed by atoms with Gasteiger partial charge >= 0.3 is 0 Å². The van der Waals surface area contributed by atoms with Gasteiger partial charge < -0.3 is 0 Å². The molecule has 0 amide bonds. The fourth-order valence-corrected chi connectivity index (χ4v) is 1.10. The number of rotatable bonds is 3. The van der Waals surface area contributed by atoms with Crippen LogP contribution in [0.4, 0.5) is 8.78 Å². The molecule has 0 aliphatic heterocycles. The third-order valence-electron chi connectivity index (χ3n) is 1.80. The number of halogens is 3. The van der Waals surface area contributed by atoms with Gasteiger partial charge in [-0.25, -0.2) is 8.78 Å². The fourth-order valence-electron chi connectivity index (χ4n) is 0.878. The molecule has 0 saturated heterocycles. The van der Waals surface area contributed by atoms with Gasteiger partial charge in [0.1, 0.15) is 5.82 Å². The number of nitrogens with zero attached hydrogens (tertiary/aromatic N) is 3. The molecule has 0 spiro atoms. The van der Waals surface area contributed by atoms with Gasteiger partial charge in [0.25, 0.3) is 5.92 Å². The van der Waals surface area contributed by atoms with Crippen molar-refractivity contribution < 1.29 is 8.78 Å². The normalized spacial score (nSPS) is 12.1. The molecule has 0 aliphatic rings. The molecule has 0 aromatic carbocycles. The molecule has 0 aliphatic carbocycles. The Balaban J connectivity index is 2.85. The van der Waals surface area contributed by atoms with Crippen LogP contribution in [0, 0.1) is 6.92 Å². The molecule has 1 heterocycles. The summed E-state index contributed by atoms with van der Waals surface area (Å²) < 4.78 is 27.1. The van der Waals surface area contributed by atoms with E-state index in [2.05, 4.69) is 10.2 Å². The summed E-state index contributed by atoms with van der Waals surface area (Å²) in [4.78, 5) is 0. The number of aromatic nitrogens is 3. The van der Waals surface area contributed by atoms with E-state index in [-0.39, 0.29) is 11.7 Å². The van der Waals surface area contributed by atoms with E-state index in [1.807, 2.05) is 0 Å². The second-order valence-electron chi connectivity index (χ2n) is 2.81. The summed E-state index contributed by atoms with van der Waals surface area (Å²) in [6, 6.07) is 0. The lowest BCUT2D eigenvalue weighted by Gasteiger charge is -2.15. The molecule has 1 aromatic rings. The van der Waals surface area contributed by atoms with E-state index in [4.69, 9.17) is 11.6 Å². The average Bonchev–Trinajstić information content (AvgIpc) is 2.36. The molecule has 0 bridgehead atoms. The van der Waals surface area contributed by atoms with Crippen LogP contribution in [-0.2, 0) is 6.54 Å². The highest BCUT2D eigenvalue weighted by molar-refractivity contribution is 6.28. The van der Waals surface area contributed by atoms with Crippen LogP contribution in [0.15, 0.2) is 0 Å². The molecule has 74 valence electrons. The van der Waals surface area contributed by atoms with Crippen LogP contribution in [-0.4, -0.2) is 20.7 Å². The van der Waals surface area contributed by atoms with Crippen LogP contribution in [0.2, 0.25) is 5.28 Å². The van der Waals surface area contributed by atoms with E-state index in [1.54, 1.807) is 6.92 Å². The number of alkyl halides is 2. The van der Waals surface area contributed by atoms with E-state index in [0.29, 0.717) is 5.82 Å². The molecular weight excluding hydrogens is 200 g/mol. The predicted molar refractivity (Wildman–Crippen MR) is 45.0 cm³/mol. The summed E-state index contributed by atoms with van der Waals surface area (Å²) in [6.07, 6.45) is -0.221. The molecule has 0 saturated carbocycles. The van der Waals surface area contributed by atoms with Gasteiger partial charge in [-0.3, -0.25) is 4.57 Å². The lowest BCUT2D eigenvalue weighted by Crippen LogP contribution is -2.23. The highest BCUT2D eigenvalue weighted by Gasteiger charge is 2.28. The Morgan fingerprint density at radius 1 is 1.46 bits per heavy atom. The maximum absolute atomic E-state index is 12.9. The Labute approximate surface area is 79.7 Å². The van der Waals surface area contributed by atoms with Crippen molar-refractivity contribution in [3.05, 3.63) is 11.1 Å². The number of aryl methyl sites for hydroxylation is 1. The number of hydrogen-bond donors (Lipinski definition) is 0. The van der Waals surface area contributed by atoms with Crippen LogP contribution in [0.25, 0.3) is 0 Å². The zero-order valence-corrected chi connectivity index (χ0v) is 8.15. The molecule has 0 unspecified atom stereocenters. The van der Waals surface area contributed by atoms with Crippen LogP contribution in [0.1, 0.15) is 19.2 Å². The first-order valence-electron chi connectivity index (χ1n) is 3.89. The number of hydrogen-bond acceptors (Lipinski definition) is 2. The van der Waals surface area contributed by atoms with Crippen molar-refractivity contribution in [2.75, 3.05) is 0 Å². The average molecular weight is 210 g/mol. The Morgan fingerprint density at radius 3 is 2.46 bits per heavy atom. The summed E-state index contributed by atoms with van der Waals surface area (Å²) in [7, 11) is 0. The van der Waals surface area contributed by atoms with Crippen molar-refractivity contribution >= 4 is 11.6 Å². The van der Waals surface area contributed by atoms with Gasteiger partial charge in [-0.15, -0.1) is 10.2 Å². The zero-order valence-electron chi connectivity index (χ0n) is 7.39. The van der Waals surface area contributed by atoms with Crippen molar-refractivity contribution in [2.45, 2.75) is 32.7 Å². The van der Waals surface area contributed by atoms with Gasteiger partial charge in [0.2, 0.25) is 5.28 Å². The Morgan fingerprint density at radius 2 is 2.08 bits per heavy atom. The van der Waals surface area contributed by atoms with Crippen molar-refractivity contribution in [2.24, 2.45) is 0 Å². The lowest BCUT2D eigenvalue weighted by molar-refractivity contribution is -0.0203. The van der Waals surface area contributed by atoms with Crippen LogP contribution < -0.4 is 0 Å². The summed E-state index contributed by atoms with van der Waals surface area (Å²) in [5.74, 6) is -2.35. The van der Waals surface area contributed by atoms with Crippen LogP contribution >= 0.6 is 11.6 Å². The van der Waals surface area contributed by atoms with Gasteiger partial charge in [-0.2, -0.15) is 0 Å². The molecule has 6 heteroatoms. The van der Waals surface area contributed by atoms with Crippen molar-refractivity contribution in [3.63, 3.8) is 0 Å². The van der Waals surface area contributed by atoms with E-state index in [0.717, 1.165) is 0 Å². The molecule has 0 N–H and O–H groups in total. The second kappa shape index (κ2) is 3.57. The van der Waals surface area contributed by atoms with Gasteiger partial charge in [-0.1, -0.05) is 6.92 Å². The van der Waals surface area contributed by atoms with Crippen LogP contribution in [0.3, 0.4) is 0 Å².